The molecule has 3 rings (SSSR count). The summed E-state index contributed by atoms with van der Waals surface area (Å²) in [4.78, 5) is 16.0. The zero-order valence-electron chi connectivity index (χ0n) is 12.7. The summed E-state index contributed by atoms with van der Waals surface area (Å²) in [6.45, 7) is 0.428. The van der Waals surface area contributed by atoms with Crippen molar-refractivity contribution in [2.24, 2.45) is 0 Å². The smallest absolute Gasteiger partial charge is 0.278 e. The largest absolute Gasteiger partial charge is 0.431 e. The minimum atomic E-state index is -0.306. The van der Waals surface area contributed by atoms with Gasteiger partial charge < -0.3 is 10.1 Å². The first-order valence-corrected chi connectivity index (χ1v) is 8.24. The third-order valence-electron chi connectivity index (χ3n) is 3.31. The number of nitrogens with zero attached hydrogens (tertiary/aromatic N) is 1. The Labute approximate surface area is 142 Å². The van der Waals surface area contributed by atoms with Crippen LogP contribution < -0.4 is 10.1 Å². The zero-order chi connectivity index (χ0) is 16.8. The van der Waals surface area contributed by atoms with Gasteiger partial charge in [-0.15, -0.1) is 0 Å². The van der Waals surface area contributed by atoms with Gasteiger partial charge in [-0.1, -0.05) is 35.6 Å². The van der Waals surface area contributed by atoms with Crippen molar-refractivity contribution in [1.82, 2.24) is 10.3 Å². The first kappa shape index (κ1) is 16.1. The summed E-state index contributed by atoms with van der Waals surface area (Å²) in [5.74, 6) is 0.287. The van der Waals surface area contributed by atoms with E-state index in [0.29, 0.717) is 17.5 Å². The van der Waals surface area contributed by atoms with Crippen LogP contribution in [0.4, 0.5) is 4.39 Å². The highest BCUT2D eigenvalue weighted by Crippen LogP contribution is 2.23. The minimum Gasteiger partial charge on any atom is -0.431 e. The molecule has 1 heterocycles. The molecule has 0 aliphatic carbocycles. The first-order chi connectivity index (χ1) is 11.7. The van der Waals surface area contributed by atoms with Gasteiger partial charge in [0.05, 0.1) is 6.42 Å². The molecule has 0 fully saturated rings. The van der Waals surface area contributed by atoms with Crippen molar-refractivity contribution >= 4 is 17.2 Å². The Kier molecular flexibility index (Phi) is 5.18. The van der Waals surface area contributed by atoms with Gasteiger partial charge in [-0.25, -0.2) is 9.37 Å². The van der Waals surface area contributed by atoms with Gasteiger partial charge >= 0.3 is 0 Å². The third kappa shape index (κ3) is 4.63. The summed E-state index contributed by atoms with van der Waals surface area (Å²) in [5, 5.41) is 5.28. The van der Waals surface area contributed by atoms with Gasteiger partial charge in [0.1, 0.15) is 11.6 Å². The Morgan fingerprint density at radius 3 is 2.46 bits per heavy atom. The fourth-order valence-corrected chi connectivity index (χ4v) is 2.59. The van der Waals surface area contributed by atoms with Gasteiger partial charge in [0, 0.05) is 18.1 Å². The average molecular weight is 342 g/mol. The van der Waals surface area contributed by atoms with Crippen molar-refractivity contribution in [3.8, 4) is 10.9 Å². The van der Waals surface area contributed by atoms with E-state index in [0.717, 1.165) is 11.1 Å². The van der Waals surface area contributed by atoms with Crippen LogP contribution in [0.3, 0.4) is 0 Å². The number of thiazole rings is 1. The van der Waals surface area contributed by atoms with E-state index in [1.54, 1.807) is 18.3 Å². The topological polar surface area (TPSA) is 51.2 Å². The predicted octanol–water partition coefficient (Wildman–Crippen LogP) is 3.93. The monoisotopic (exact) mass is 342 g/mol. The number of carbonyl (C=O) groups excluding carboxylic acids is 1. The summed E-state index contributed by atoms with van der Waals surface area (Å²) in [6.07, 6.45) is 1.91. The lowest BCUT2D eigenvalue weighted by molar-refractivity contribution is -0.120. The summed E-state index contributed by atoms with van der Waals surface area (Å²) >= 11 is 1.42. The van der Waals surface area contributed by atoms with Gasteiger partial charge in [0.15, 0.2) is 0 Å². The van der Waals surface area contributed by atoms with Crippen LogP contribution in [0.1, 0.15) is 11.1 Å². The second-order valence-electron chi connectivity index (χ2n) is 5.12. The van der Waals surface area contributed by atoms with E-state index < -0.39 is 0 Å². The number of rotatable bonds is 6. The normalized spacial score (nSPS) is 10.4. The lowest BCUT2D eigenvalue weighted by Gasteiger charge is -2.07. The van der Waals surface area contributed by atoms with Crippen molar-refractivity contribution in [1.29, 1.82) is 0 Å². The molecule has 0 atom stereocenters. The molecular formula is C18H15FN2O2S. The molecule has 0 saturated heterocycles. The van der Waals surface area contributed by atoms with E-state index in [1.165, 1.54) is 23.5 Å². The van der Waals surface area contributed by atoms with Crippen LogP contribution in [0.15, 0.2) is 60.1 Å². The van der Waals surface area contributed by atoms with Crippen LogP contribution in [0.2, 0.25) is 0 Å². The number of carbonyl (C=O) groups is 1. The Balaban J connectivity index is 1.49. The second-order valence-corrected chi connectivity index (χ2v) is 5.98. The van der Waals surface area contributed by atoms with Gasteiger partial charge in [-0.3, -0.25) is 4.79 Å². The quantitative estimate of drug-likeness (QED) is 0.738. The van der Waals surface area contributed by atoms with E-state index in [1.807, 2.05) is 29.6 Å². The van der Waals surface area contributed by atoms with Crippen molar-refractivity contribution in [3.05, 3.63) is 77.1 Å². The molecular weight excluding hydrogens is 327 g/mol. The predicted molar refractivity (Wildman–Crippen MR) is 90.6 cm³/mol. The summed E-state index contributed by atoms with van der Waals surface area (Å²) in [5.41, 5.74) is 1.75. The molecule has 0 spiro atoms. The minimum absolute atomic E-state index is 0.107. The molecule has 2 aromatic carbocycles. The van der Waals surface area contributed by atoms with Crippen LogP contribution in [0, 0.1) is 5.82 Å². The summed E-state index contributed by atoms with van der Waals surface area (Å²) < 4.78 is 18.4. The highest BCUT2D eigenvalue weighted by atomic mass is 32.1. The van der Waals surface area contributed by atoms with Crippen LogP contribution in [0.5, 0.6) is 10.9 Å². The molecule has 4 nitrogen and oxygen atoms in total. The fourth-order valence-electron chi connectivity index (χ4n) is 2.09. The van der Waals surface area contributed by atoms with E-state index in [-0.39, 0.29) is 18.1 Å². The third-order valence-corrected chi connectivity index (χ3v) is 3.95. The number of amides is 1. The number of hydrogen-bond donors (Lipinski definition) is 1. The number of ether oxygens (including phenoxy) is 1. The van der Waals surface area contributed by atoms with Crippen LogP contribution >= 0.6 is 11.3 Å². The number of hydrogen-bond acceptors (Lipinski definition) is 4. The molecule has 0 radical (unpaired) electrons. The van der Waals surface area contributed by atoms with E-state index in [9.17, 15) is 9.18 Å². The van der Waals surface area contributed by atoms with Gasteiger partial charge in [-0.2, -0.15) is 0 Å². The highest BCUT2D eigenvalue weighted by molar-refractivity contribution is 7.11. The van der Waals surface area contributed by atoms with Crippen molar-refractivity contribution < 1.29 is 13.9 Å². The molecule has 0 aliphatic heterocycles. The highest BCUT2D eigenvalue weighted by Gasteiger charge is 2.04. The lowest BCUT2D eigenvalue weighted by atomic mass is 10.1. The van der Waals surface area contributed by atoms with E-state index in [2.05, 4.69) is 10.3 Å². The Bertz CT molecular complexity index is 787. The van der Waals surface area contributed by atoms with Crippen molar-refractivity contribution in [2.45, 2.75) is 13.0 Å². The lowest BCUT2D eigenvalue weighted by Crippen LogP contribution is -2.24. The summed E-state index contributed by atoms with van der Waals surface area (Å²) in [7, 11) is 0. The number of halogens is 1. The molecule has 0 saturated carbocycles. The van der Waals surface area contributed by atoms with Gasteiger partial charge in [-0.05, 0) is 35.4 Å². The molecule has 6 heteroatoms. The molecule has 122 valence electrons. The maximum atomic E-state index is 12.8. The molecule has 1 aromatic heterocycles. The van der Waals surface area contributed by atoms with Crippen molar-refractivity contribution in [2.75, 3.05) is 0 Å². The number of aromatic nitrogens is 1. The van der Waals surface area contributed by atoms with Crippen LogP contribution in [0.25, 0.3) is 0 Å². The molecule has 3 aromatic rings. The standard InChI is InChI=1S/C18H15FN2O2S/c19-15-5-1-13(2-6-15)11-17(22)21-12-14-3-7-16(8-4-14)23-18-20-9-10-24-18/h1-10H,11-12H2,(H,21,22). The summed E-state index contributed by atoms with van der Waals surface area (Å²) in [6, 6.07) is 13.4. The molecule has 0 bridgehead atoms. The zero-order valence-corrected chi connectivity index (χ0v) is 13.6. The molecule has 0 unspecified atom stereocenters. The average Bonchev–Trinajstić information content (AvgIpc) is 3.09. The van der Waals surface area contributed by atoms with Gasteiger partial charge in [0.25, 0.3) is 5.19 Å². The second kappa shape index (κ2) is 7.70. The van der Waals surface area contributed by atoms with Gasteiger partial charge in [0.2, 0.25) is 5.91 Å². The van der Waals surface area contributed by atoms with Crippen LogP contribution in [-0.4, -0.2) is 10.9 Å². The maximum absolute atomic E-state index is 12.8. The molecule has 1 amide bonds. The van der Waals surface area contributed by atoms with E-state index >= 15 is 0 Å². The van der Waals surface area contributed by atoms with Crippen molar-refractivity contribution in [3.63, 3.8) is 0 Å². The number of nitrogens with one attached hydrogen (secondary N) is 1. The fraction of sp³-hybridized carbons (Fsp3) is 0.111. The Hall–Kier alpha value is -2.73. The Morgan fingerprint density at radius 2 is 1.79 bits per heavy atom. The first-order valence-electron chi connectivity index (χ1n) is 7.36. The molecule has 1 N–H and O–H groups in total. The van der Waals surface area contributed by atoms with E-state index in [4.69, 9.17) is 4.74 Å². The molecule has 0 aliphatic rings. The Morgan fingerprint density at radius 1 is 1.08 bits per heavy atom. The SMILES string of the molecule is O=C(Cc1ccc(F)cc1)NCc1ccc(Oc2nccs2)cc1. The number of benzene rings is 2. The van der Waals surface area contributed by atoms with Crippen LogP contribution in [-0.2, 0) is 17.8 Å². The maximum Gasteiger partial charge on any atom is 0.278 e. The molecule has 24 heavy (non-hydrogen) atoms.